The van der Waals surface area contributed by atoms with Gasteiger partial charge in [0.2, 0.25) is 0 Å². The van der Waals surface area contributed by atoms with Crippen molar-refractivity contribution in [3.05, 3.63) is 58.9 Å². The summed E-state index contributed by atoms with van der Waals surface area (Å²) in [4.78, 5) is 0. The Morgan fingerprint density at radius 1 is 1.10 bits per heavy atom. The number of halogens is 1. The maximum Gasteiger partial charge on any atom is 0.165 e. The Balaban J connectivity index is 2.14. The van der Waals surface area contributed by atoms with E-state index in [-0.39, 0.29) is 19.0 Å². The lowest BCUT2D eigenvalue weighted by molar-refractivity contribution is 0.274. The van der Waals surface area contributed by atoms with Crippen molar-refractivity contribution in [2.45, 2.75) is 20.1 Å². The van der Waals surface area contributed by atoms with Gasteiger partial charge < -0.3 is 14.6 Å². The van der Waals surface area contributed by atoms with Crippen LogP contribution in [-0.4, -0.2) is 12.2 Å². The van der Waals surface area contributed by atoms with Gasteiger partial charge in [-0.1, -0.05) is 17.7 Å². The van der Waals surface area contributed by atoms with Gasteiger partial charge in [0.1, 0.15) is 12.4 Å². The van der Waals surface area contributed by atoms with Crippen LogP contribution in [0.15, 0.2) is 36.4 Å². The molecule has 0 fully saturated rings. The van der Waals surface area contributed by atoms with Gasteiger partial charge in [-0.3, -0.25) is 0 Å². The van der Waals surface area contributed by atoms with Crippen LogP contribution in [0.4, 0.5) is 4.39 Å². The fourth-order valence-electron chi connectivity index (χ4n) is 1.94. The molecule has 106 valence electrons. The van der Waals surface area contributed by atoms with E-state index >= 15 is 0 Å². The van der Waals surface area contributed by atoms with Crippen LogP contribution >= 0.6 is 0 Å². The quantitative estimate of drug-likeness (QED) is 0.911. The van der Waals surface area contributed by atoms with E-state index in [1.165, 1.54) is 12.1 Å². The fraction of sp³-hybridized carbons (Fsp3) is 0.250. The van der Waals surface area contributed by atoms with Gasteiger partial charge in [0.05, 0.1) is 13.7 Å². The minimum atomic E-state index is -0.483. The molecule has 2 rings (SSSR count). The van der Waals surface area contributed by atoms with Crippen molar-refractivity contribution in [2.75, 3.05) is 7.11 Å². The Labute approximate surface area is 117 Å². The van der Waals surface area contributed by atoms with Crippen molar-refractivity contribution >= 4 is 0 Å². The van der Waals surface area contributed by atoms with Crippen molar-refractivity contribution in [3.63, 3.8) is 0 Å². The van der Waals surface area contributed by atoms with E-state index in [1.54, 1.807) is 13.2 Å². The number of benzene rings is 2. The van der Waals surface area contributed by atoms with Crippen LogP contribution in [-0.2, 0) is 13.2 Å². The number of methoxy groups -OCH3 is 1. The van der Waals surface area contributed by atoms with E-state index in [4.69, 9.17) is 14.6 Å². The molecule has 0 bridgehead atoms. The second kappa shape index (κ2) is 6.39. The molecular formula is C16H17FO3. The van der Waals surface area contributed by atoms with Gasteiger partial charge in [-0.2, -0.15) is 0 Å². The summed E-state index contributed by atoms with van der Waals surface area (Å²) < 4.78 is 24.5. The number of hydrogen-bond donors (Lipinski definition) is 1. The van der Waals surface area contributed by atoms with Crippen LogP contribution in [0.5, 0.6) is 11.5 Å². The van der Waals surface area contributed by atoms with E-state index in [9.17, 15) is 4.39 Å². The number of aliphatic hydroxyl groups is 1. The zero-order chi connectivity index (χ0) is 14.5. The van der Waals surface area contributed by atoms with Crippen molar-refractivity contribution in [3.8, 4) is 11.5 Å². The highest BCUT2D eigenvalue weighted by Gasteiger charge is 2.08. The molecule has 2 aromatic rings. The third-order valence-electron chi connectivity index (χ3n) is 3.00. The molecule has 0 amide bonds. The van der Waals surface area contributed by atoms with Gasteiger partial charge in [-0.05, 0) is 36.8 Å². The number of ether oxygens (including phenoxy) is 2. The lowest BCUT2D eigenvalue weighted by Crippen LogP contribution is -2.01. The van der Waals surface area contributed by atoms with Crippen molar-refractivity contribution in [2.24, 2.45) is 0 Å². The van der Waals surface area contributed by atoms with Crippen LogP contribution in [0.3, 0.4) is 0 Å². The van der Waals surface area contributed by atoms with E-state index in [0.717, 1.165) is 11.1 Å². The number of aryl methyl sites for hydroxylation is 1. The first-order chi connectivity index (χ1) is 9.63. The second-order valence-corrected chi connectivity index (χ2v) is 4.53. The Morgan fingerprint density at radius 2 is 1.85 bits per heavy atom. The van der Waals surface area contributed by atoms with Crippen LogP contribution < -0.4 is 9.47 Å². The molecular weight excluding hydrogens is 259 g/mol. The third kappa shape index (κ3) is 3.27. The number of hydrogen-bond acceptors (Lipinski definition) is 3. The lowest BCUT2D eigenvalue weighted by atomic mass is 10.1. The summed E-state index contributed by atoms with van der Waals surface area (Å²) in [6, 6.07) is 10.2. The van der Waals surface area contributed by atoms with Gasteiger partial charge >= 0.3 is 0 Å². The number of aliphatic hydroxyl groups excluding tert-OH is 1. The molecule has 1 N–H and O–H groups in total. The minimum absolute atomic E-state index is 0.158. The predicted molar refractivity (Wildman–Crippen MR) is 74.4 cm³/mol. The van der Waals surface area contributed by atoms with Crippen LogP contribution in [0.2, 0.25) is 0 Å². The molecule has 20 heavy (non-hydrogen) atoms. The molecule has 0 radical (unpaired) electrons. The monoisotopic (exact) mass is 276 g/mol. The lowest BCUT2D eigenvalue weighted by Gasteiger charge is -2.12. The van der Waals surface area contributed by atoms with Gasteiger partial charge in [0.15, 0.2) is 11.6 Å². The summed E-state index contributed by atoms with van der Waals surface area (Å²) in [5.74, 6) is 0.386. The first-order valence-electron chi connectivity index (χ1n) is 6.29. The molecule has 2 aromatic carbocycles. The average molecular weight is 276 g/mol. The van der Waals surface area contributed by atoms with E-state index < -0.39 is 5.82 Å². The van der Waals surface area contributed by atoms with Crippen molar-refractivity contribution in [1.82, 2.24) is 0 Å². The molecule has 0 unspecified atom stereocenters. The molecule has 0 saturated heterocycles. The first-order valence-corrected chi connectivity index (χ1v) is 6.29. The normalized spacial score (nSPS) is 10.4. The molecule has 0 aliphatic rings. The largest absolute Gasteiger partial charge is 0.496 e. The second-order valence-electron chi connectivity index (χ2n) is 4.53. The summed E-state index contributed by atoms with van der Waals surface area (Å²) in [5, 5.41) is 8.94. The SMILES string of the molecule is COc1ccc(C)cc1COc1ccc(CO)cc1F. The van der Waals surface area contributed by atoms with Crippen LogP contribution in [0.25, 0.3) is 0 Å². The molecule has 0 aliphatic heterocycles. The fourth-order valence-corrected chi connectivity index (χ4v) is 1.94. The van der Waals surface area contributed by atoms with Crippen LogP contribution in [0, 0.1) is 12.7 Å². The summed E-state index contributed by atoms with van der Waals surface area (Å²) in [6.07, 6.45) is 0. The van der Waals surface area contributed by atoms with Gasteiger partial charge in [-0.15, -0.1) is 0 Å². The summed E-state index contributed by atoms with van der Waals surface area (Å²) in [5.41, 5.74) is 2.46. The van der Waals surface area contributed by atoms with Gasteiger partial charge in [0.25, 0.3) is 0 Å². The van der Waals surface area contributed by atoms with Crippen LogP contribution in [0.1, 0.15) is 16.7 Å². The maximum atomic E-state index is 13.7. The Bertz CT molecular complexity index is 596. The highest BCUT2D eigenvalue weighted by molar-refractivity contribution is 5.37. The van der Waals surface area contributed by atoms with Crippen molar-refractivity contribution < 1.29 is 19.0 Å². The highest BCUT2D eigenvalue weighted by Crippen LogP contribution is 2.24. The molecule has 3 nitrogen and oxygen atoms in total. The van der Waals surface area contributed by atoms with E-state index in [0.29, 0.717) is 11.3 Å². The smallest absolute Gasteiger partial charge is 0.165 e. The Hall–Kier alpha value is -2.07. The summed E-state index contributed by atoms with van der Waals surface area (Å²) >= 11 is 0. The first kappa shape index (κ1) is 14.3. The molecule has 0 saturated carbocycles. The Morgan fingerprint density at radius 3 is 2.50 bits per heavy atom. The third-order valence-corrected chi connectivity index (χ3v) is 3.00. The predicted octanol–water partition coefficient (Wildman–Crippen LogP) is 3.21. The highest BCUT2D eigenvalue weighted by atomic mass is 19.1. The van der Waals surface area contributed by atoms with E-state index in [1.807, 2.05) is 25.1 Å². The Kier molecular flexibility index (Phi) is 4.58. The average Bonchev–Trinajstić information content (AvgIpc) is 2.46. The van der Waals surface area contributed by atoms with E-state index in [2.05, 4.69) is 0 Å². The van der Waals surface area contributed by atoms with Crippen molar-refractivity contribution in [1.29, 1.82) is 0 Å². The van der Waals surface area contributed by atoms with Gasteiger partial charge in [0, 0.05) is 5.56 Å². The standard InChI is InChI=1S/C16H17FO3/c1-11-3-5-15(19-2)13(7-11)10-20-16-6-4-12(9-18)8-14(16)17/h3-8,18H,9-10H2,1-2H3. The maximum absolute atomic E-state index is 13.7. The molecule has 0 aliphatic carbocycles. The zero-order valence-corrected chi connectivity index (χ0v) is 11.5. The minimum Gasteiger partial charge on any atom is -0.496 e. The molecule has 0 spiro atoms. The summed E-state index contributed by atoms with van der Waals surface area (Å²) in [7, 11) is 1.59. The van der Waals surface area contributed by atoms with Gasteiger partial charge in [-0.25, -0.2) is 4.39 Å². The molecule has 0 atom stereocenters. The molecule has 4 heteroatoms. The topological polar surface area (TPSA) is 38.7 Å². The molecule has 0 heterocycles. The summed E-state index contributed by atoms with van der Waals surface area (Å²) in [6.45, 7) is 2.00. The number of rotatable bonds is 5. The zero-order valence-electron chi connectivity index (χ0n) is 11.5. The molecule has 0 aromatic heterocycles.